The molecule has 2 aliphatic heterocycles. The number of para-hydroxylation sites is 1. The van der Waals surface area contributed by atoms with E-state index in [9.17, 15) is 18.0 Å². The molecule has 1 atom stereocenters. The summed E-state index contributed by atoms with van der Waals surface area (Å²) in [5.74, 6) is -3.27. The van der Waals surface area contributed by atoms with Gasteiger partial charge in [0.2, 0.25) is 0 Å². The Balaban J connectivity index is 0.000000345. The van der Waals surface area contributed by atoms with Gasteiger partial charge in [-0.05, 0) is 37.1 Å². The summed E-state index contributed by atoms with van der Waals surface area (Å²) in [5, 5.41) is 19.2. The Morgan fingerprint density at radius 3 is 2.50 bits per heavy atom. The van der Waals surface area contributed by atoms with Gasteiger partial charge in [0.15, 0.2) is 0 Å². The van der Waals surface area contributed by atoms with Gasteiger partial charge in [-0.25, -0.2) is 10.3 Å². The fraction of sp³-hybridized carbons (Fsp3) is 0.444. The minimum Gasteiger partial charge on any atom is -0.475 e. The van der Waals surface area contributed by atoms with Gasteiger partial charge in [0.05, 0.1) is 0 Å². The second-order valence-electron chi connectivity index (χ2n) is 6.77. The third kappa shape index (κ3) is 5.70. The van der Waals surface area contributed by atoms with Crippen LogP contribution in [0, 0.1) is 5.41 Å². The standard InChI is InChI=1S/C16H21N3O2.C2HF3O2/c20-15(18-21)6-5-13-3-1-2-4-14(13)19-10-8-16(12-19)7-9-17-11-16;3-2(4,5)1(6)7/h1-6,17,21H,7-12H2,(H,18,20);(H,6,7). The summed E-state index contributed by atoms with van der Waals surface area (Å²) >= 11 is 0. The lowest BCUT2D eigenvalue weighted by Gasteiger charge is -2.25. The van der Waals surface area contributed by atoms with E-state index in [-0.39, 0.29) is 0 Å². The zero-order valence-electron chi connectivity index (χ0n) is 15.0. The normalized spacial score (nSPS) is 21.6. The van der Waals surface area contributed by atoms with Crippen molar-refractivity contribution in [2.24, 2.45) is 5.41 Å². The molecular weight excluding hydrogens is 379 g/mol. The fourth-order valence-corrected chi connectivity index (χ4v) is 3.40. The van der Waals surface area contributed by atoms with E-state index in [4.69, 9.17) is 15.1 Å². The van der Waals surface area contributed by atoms with E-state index in [2.05, 4.69) is 16.3 Å². The summed E-state index contributed by atoms with van der Waals surface area (Å²) in [5.41, 5.74) is 4.19. The maximum absolute atomic E-state index is 11.2. The summed E-state index contributed by atoms with van der Waals surface area (Å²) < 4.78 is 31.7. The second kappa shape index (κ2) is 9.07. The van der Waals surface area contributed by atoms with Gasteiger partial charge in [-0.2, -0.15) is 13.2 Å². The minimum atomic E-state index is -5.08. The number of hydroxylamine groups is 1. The minimum absolute atomic E-state index is 0.416. The molecular formula is C18H22F3N3O4. The first kappa shape index (κ1) is 21.7. The highest BCUT2D eigenvalue weighted by Crippen LogP contribution is 2.39. The molecule has 7 nitrogen and oxygen atoms in total. The Morgan fingerprint density at radius 2 is 1.93 bits per heavy atom. The highest BCUT2D eigenvalue weighted by molar-refractivity contribution is 5.91. The molecule has 2 fully saturated rings. The number of alkyl halides is 3. The molecule has 2 aliphatic rings. The number of rotatable bonds is 3. The van der Waals surface area contributed by atoms with Crippen LogP contribution >= 0.6 is 0 Å². The van der Waals surface area contributed by atoms with Crippen LogP contribution in [0.15, 0.2) is 30.3 Å². The Hall–Kier alpha value is -2.59. The van der Waals surface area contributed by atoms with E-state index in [0.29, 0.717) is 5.41 Å². The van der Waals surface area contributed by atoms with Crippen molar-refractivity contribution >= 4 is 23.6 Å². The number of halogens is 3. The molecule has 0 radical (unpaired) electrons. The van der Waals surface area contributed by atoms with Crippen LogP contribution in [-0.2, 0) is 9.59 Å². The van der Waals surface area contributed by atoms with E-state index in [0.717, 1.165) is 37.4 Å². The van der Waals surface area contributed by atoms with Gasteiger partial charge in [-0.15, -0.1) is 0 Å². The van der Waals surface area contributed by atoms with E-state index in [1.165, 1.54) is 18.9 Å². The molecule has 0 saturated carbocycles. The molecule has 1 amide bonds. The van der Waals surface area contributed by atoms with Crippen molar-refractivity contribution in [1.29, 1.82) is 0 Å². The molecule has 3 rings (SSSR count). The summed E-state index contributed by atoms with van der Waals surface area (Å²) in [4.78, 5) is 22.5. The molecule has 1 aromatic carbocycles. The molecule has 28 heavy (non-hydrogen) atoms. The molecule has 1 unspecified atom stereocenters. The maximum atomic E-state index is 11.2. The summed E-state index contributed by atoms with van der Waals surface area (Å²) in [6.07, 6.45) is 0.476. The number of benzene rings is 1. The topological polar surface area (TPSA) is 102 Å². The molecule has 4 N–H and O–H groups in total. The van der Waals surface area contributed by atoms with Gasteiger partial charge in [0.25, 0.3) is 5.91 Å². The number of hydrogen-bond donors (Lipinski definition) is 4. The van der Waals surface area contributed by atoms with Gasteiger partial charge in [0.1, 0.15) is 0 Å². The number of carboxylic acid groups (broad SMARTS) is 1. The van der Waals surface area contributed by atoms with Crippen molar-refractivity contribution in [3.8, 4) is 0 Å². The average molecular weight is 401 g/mol. The Kier molecular flexibility index (Phi) is 7.03. The smallest absolute Gasteiger partial charge is 0.475 e. The average Bonchev–Trinajstić information content (AvgIpc) is 3.29. The van der Waals surface area contributed by atoms with E-state index >= 15 is 0 Å². The maximum Gasteiger partial charge on any atom is 0.490 e. The predicted molar refractivity (Wildman–Crippen MR) is 95.8 cm³/mol. The highest BCUT2D eigenvalue weighted by Gasteiger charge is 2.40. The van der Waals surface area contributed by atoms with E-state index in [1.807, 2.05) is 18.2 Å². The fourth-order valence-electron chi connectivity index (χ4n) is 3.40. The van der Waals surface area contributed by atoms with Gasteiger partial charge in [-0.1, -0.05) is 18.2 Å². The third-order valence-corrected chi connectivity index (χ3v) is 4.81. The SMILES string of the molecule is O=C(C=Cc1ccccc1N1CCC2(CCNC2)C1)NO.O=C(O)C(F)(F)F. The van der Waals surface area contributed by atoms with Crippen LogP contribution in [0.3, 0.4) is 0 Å². The third-order valence-electron chi connectivity index (χ3n) is 4.81. The highest BCUT2D eigenvalue weighted by atomic mass is 19.4. The molecule has 0 aromatic heterocycles. The lowest BCUT2D eigenvalue weighted by atomic mass is 9.86. The van der Waals surface area contributed by atoms with Crippen molar-refractivity contribution < 1.29 is 33.1 Å². The lowest BCUT2D eigenvalue weighted by Crippen LogP contribution is -2.29. The van der Waals surface area contributed by atoms with Crippen LogP contribution in [0.5, 0.6) is 0 Å². The zero-order chi connectivity index (χ0) is 20.8. The zero-order valence-corrected chi connectivity index (χ0v) is 15.0. The number of amides is 1. The van der Waals surface area contributed by atoms with Crippen LogP contribution < -0.4 is 15.7 Å². The molecule has 2 saturated heterocycles. The number of carbonyl (C=O) groups excluding carboxylic acids is 1. The first-order valence-electron chi connectivity index (χ1n) is 8.64. The van der Waals surface area contributed by atoms with Gasteiger partial charge in [0, 0.05) is 36.8 Å². The van der Waals surface area contributed by atoms with Crippen LogP contribution in [0.25, 0.3) is 6.08 Å². The Morgan fingerprint density at radius 1 is 1.25 bits per heavy atom. The van der Waals surface area contributed by atoms with Gasteiger partial charge >= 0.3 is 12.1 Å². The predicted octanol–water partition coefficient (Wildman–Crippen LogP) is 2.03. The number of aliphatic carboxylic acids is 1. The number of nitrogens with zero attached hydrogens (tertiary/aromatic N) is 1. The van der Waals surface area contributed by atoms with Crippen molar-refractivity contribution in [1.82, 2.24) is 10.8 Å². The molecule has 1 aromatic rings. The molecule has 1 spiro atoms. The number of carboxylic acids is 1. The van der Waals surface area contributed by atoms with E-state index < -0.39 is 18.1 Å². The molecule has 2 heterocycles. The largest absolute Gasteiger partial charge is 0.490 e. The monoisotopic (exact) mass is 401 g/mol. The molecule has 0 aliphatic carbocycles. The van der Waals surface area contributed by atoms with Crippen molar-refractivity contribution in [3.05, 3.63) is 35.9 Å². The first-order chi connectivity index (χ1) is 13.2. The number of hydrogen-bond acceptors (Lipinski definition) is 5. The second-order valence-corrected chi connectivity index (χ2v) is 6.77. The van der Waals surface area contributed by atoms with Crippen molar-refractivity contribution in [3.63, 3.8) is 0 Å². The van der Waals surface area contributed by atoms with Crippen molar-refractivity contribution in [2.45, 2.75) is 19.0 Å². The molecule has 154 valence electrons. The van der Waals surface area contributed by atoms with Crippen molar-refractivity contribution in [2.75, 3.05) is 31.1 Å². The van der Waals surface area contributed by atoms with Crippen LogP contribution in [0.4, 0.5) is 18.9 Å². The number of anilines is 1. The summed E-state index contributed by atoms with van der Waals surface area (Å²) in [6, 6.07) is 8.08. The Bertz CT molecular complexity index is 731. The molecule has 0 bridgehead atoms. The lowest BCUT2D eigenvalue weighted by molar-refractivity contribution is -0.192. The van der Waals surface area contributed by atoms with E-state index in [1.54, 1.807) is 11.6 Å². The van der Waals surface area contributed by atoms with Gasteiger partial charge in [-0.3, -0.25) is 10.0 Å². The summed E-state index contributed by atoms with van der Waals surface area (Å²) in [6.45, 7) is 4.34. The van der Waals surface area contributed by atoms with Gasteiger partial charge < -0.3 is 15.3 Å². The Labute approximate surface area is 159 Å². The van der Waals surface area contributed by atoms with Crippen LogP contribution in [-0.4, -0.2) is 54.5 Å². The number of carbonyl (C=O) groups is 2. The first-order valence-corrected chi connectivity index (χ1v) is 8.64. The molecule has 10 heteroatoms. The quantitative estimate of drug-likeness (QED) is 0.351. The van der Waals surface area contributed by atoms with Crippen LogP contribution in [0.1, 0.15) is 18.4 Å². The summed E-state index contributed by atoms with van der Waals surface area (Å²) in [7, 11) is 0. The number of nitrogens with one attached hydrogen (secondary N) is 2. The van der Waals surface area contributed by atoms with Crippen LogP contribution in [0.2, 0.25) is 0 Å².